The van der Waals surface area contributed by atoms with E-state index in [0.717, 1.165) is 18.7 Å². The fourth-order valence-electron chi connectivity index (χ4n) is 1.06. The molecule has 1 aliphatic rings. The predicted octanol–water partition coefficient (Wildman–Crippen LogP) is 0.826. The third kappa shape index (κ3) is 4.24. The van der Waals surface area contributed by atoms with Crippen molar-refractivity contribution in [3.05, 3.63) is 0 Å². The molecular formula is C9H19N3O. The molecule has 0 aromatic carbocycles. The number of nitrogens with zero attached hydrogens (tertiary/aromatic N) is 1. The van der Waals surface area contributed by atoms with Gasteiger partial charge >= 0.3 is 0 Å². The van der Waals surface area contributed by atoms with E-state index in [1.54, 1.807) is 7.11 Å². The normalized spacial score (nSPS) is 20.1. The van der Waals surface area contributed by atoms with E-state index in [1.165, 1.54) is 12.8 Å². The van der Waals surface area contributed by atoms with Gasteiger partial charge in [0.2, 0.25) is 0 Å². The van der Waals surface area contributed by atoms with Gasteiger partial charge in [-0.05, 0) is 26.2 Å². The molecule has 0 amide bonds. The van der Waals surface area contributed by atoms with Crippen molar-refractivity contribution < 1.29 is 4.74 Å². The van der Waals surface area contributed by atoms with E-state index in [0.29, 0.717) is 6.04 Å². The molecule has 1 atom stereocenters. The Hall–Kier alpha value is -0.610. The Bertz CT molecular complexity index is 178. The molecule has 3 N–H and O–H groups in total. The zero-order valence-corrected chi connectivity index (χ0v) is 8.42. The first-order valence-electron chi connectivity index (χ1n) is 4.82. The van der Waals surface area contributed by atoms with Gasteiger partial charge in [-0.15, -0.1) is 0 Å². The maximum absolute atomic E-state index is 5.35. The lowest BCUT2D eigenvalue weighted by Crippen LogP contribution is -2.31. The van der Waals surface area contributed by atoms with Crippen LogP contribution in [0.25, 0.3) is 0 Å². The number of ether oxygens (including phenoxy) is 1. The van der Waals surface area contributed by atoms with Crippen LogP contribution in [0, 0.1) is 0 Å². The molecule has 1 fully saturated rings. The predicted molar refractivity (Wildman–Crippen MR) is 53.5 cm³/mol. The number of aliphatic imine (C=N–C) groups is 1. The molecule has 1 unspecified atom stereocenters. The van der Waals surface area contributed by atoms with E-state index in [2.05, 4.69) is 10.4 Å². The molecule has 1 aliphatic carbocycles. The van der Waals surface area contributed by atoms with Crippen molar-refractivity contribution in [2.45, 2.75) is 44.8 Å². The Morgan fingerprint density at radius 2 is 2.38 bits per heavy atom. The standard InChI is InChI=1S/C9H19N3O/c1-7(13-2)3-6-9(12-10)11-8-4-5-8/h7-8H,3-6,10H2,1-2H3,(H,11,12). The van der Waals surface area contributed by atoms with Gasteiger partial charge in [-0.3, -0.25) is 4.99 Å². The summed E-state index contributed by atoms with van der Waals surface area (Å²) < 4.78 is 5.14. The van der Waals surface area contributed by atoms with Gasteiger partial charge in [-0.25, -0.2) is 5.84 Å². The van der Waals surface area contributed by atoms with Gasteiger partial charge in [0, 0.05) is 13.5 Å². The zero-order chi connectivity index (χ0) is 9.68. The van der Waals surface area contributed by atoms with Crippen LogP contribution in [0.4, 0.5) is 0 Å². The Labute approximate surface area is 79.5 Å². The number of nitrogens with two attached hydrogens (primary N) is 1. The minimum Gasteiger partial charge on any atom is -0.382 e. The summed E-state index contributed by atoms with van der Waals surface area (Å²) >= 11 is 0. The summed E-state index contributed by atoms with van der Waals surface area (Å²) in [5, 5.41) is 0. The Morgan fingerprint density at radius 1 is 1.69 bits per heavy atom. The van der Waals surface area contributed by atoms with Crippen molar-refractivity contribution in [1.29, 1.82) is 0 Å². The lowest BCUT2D eigenvalue weighted by molar-refractivity contribution is 0.112. The third-order valence-electron chi connectivity index (χ3n) is 2.24. The van der Waals surface area contributed by atoms with Crippen LogP contribution in [0.5, 0.6) is 0 Å². The molecule has 0 aromatic heterocycles. The molecule has 4 nitrogen and oxygen atoms in total. The minimum absolute atomic E-state index is 0.276. The molecule has 1 rings (SSSR count). The average molecular weight is 185 g/mol. The maximum Gasteiger partial charge on any atom is 0.111 e. The van der Waals surface area contributed by atoms with Crippen LogP contribution < -0.4 is 11.3 Å². The van der Waals surface area contributed by atoms with Gasteiger partial charge in [0.15, 0.2) is 0 Å². The Morgan fingerprint density at radius 3 is 2.85 bits per heavy atom. The molecule has 0 heterocycles. The molecular weight excluding hydrogens is 166 g/mol. The fourth-order valence-corrected chi connectivity index (χ4v) is 1.06. The third-order valence-corrected chi connectivity index (χ3v) is 2.24. The summed E-state index contributed by atoms with van der Waals surface area (Å²) in [4.78, 5) is 4.44. The van der Waals surface area contributed by atoms with E-state index in [4.69, 9.17) is 10.6 Å². The highest BCUT2D eigenvalue weighted by atomic mass is 16.5. The zero-order valence-electron chi connectivity index (χ0n) is 8.42. The summed E-state index contributed by atoms with van der Waals surface area (Å²) in [6, 6.07) is 0.531. The van der Waals surface area contributed by atoms with Gasteiger partial charge in [-0.1, -0.05) is 0 Å². The first-order chi connectivity index (χ1) is 6.26. The van der Waals surface area contributed by atoms with Crippen LogP contribution in [-0.2, 0) is 4.74 Å². The van der Waals surface area contributed by atoms with Gasteiger partial charge in [0.25, 0.3) is 0 Å². The first-order valence-corrected chi connectivity index (χ1v) is 4.82. The van der Waals surface area contributed by atoms with Crippen molar-refractivity contribution in [3.63, 3.8) is 0 Å². The molecule has 0 spiro atoms. The fraction of sp³-hybridized carbons (Fsp3) is 0.889. The van der Waals surface area contributed by atoms with Crippen LogP contribution in [-0.4, -0.2) is 25.1 Å². The molecule has 0 radical (unpaired) electrons. The topological polar surface area (TPSA) is 59.6 Å². The van der Waals surface area contributed by atoms with E-state index >= 15 is 0 Å². The van der Waals surface area contributed by atoms with Crippen molar-refractivity contribution in [1.82, 2.24) is 5.43 Å². The monoisotopic (exact) mass is 185 g/mol. The molecule has 0 bridgehead atoms. The SMILES string of the molecule is COC(C)CCC(=NC1CC1)NN. The van der Waals surface area contributed by atoms with E-state index < -0.39 is 0 Å². The molecule has 0 aromatic rings. The number of nitrogens with one attached hydrogen (secondary N) is 1. The van der Waals surface area contributed by atoms with Crippen LogP contribution >= 0.6 is 0 Å². The highest BCUT2D eigenvalue weighted by Gasteiger charge is 2.20. The molecule has 4 heteroatoms. The summed E-state index contributed by atoms with van der Waals surface area (Å²) in [6.07, 6.45) is 4.54. The van der Waals surface area contributed by atoms with Gasteiger partial charge in [0.1, 0.15) is 5.84 Å². The molecule has 13 heavy (non-hydrogen) atoms. The number of hydrazine groups is 1. The second-order valence-electron chi connectivity index (χ2n) is 3.54. The quantitative estimate of drug-likeness (QED) is 0.288. The molecule has 0 aliphatic heterocycles. The highest BCUT2D eigenvalue weighted by Crippen LogP contribution is 2.23. The summed E-state index contributed by atoms with van der Waals surface area (Å²) in [6.45, 7) is 2.05. The first kappa shape index (κ1) is 10.5. The van der Waals surface area contributed by atoms with Crippen molar-refractivity contribution in [2.24, 2.45) is 10.8 Å². The van der Waals surface area contributed by atoms with Crippen molar-refractivity contribution in [3.8, 4) is 0 Å². The summed E-state index contributed by atoms with van der Waals surface area (Å²) in [7, 11) is 1.72. The van der Waals surface area contributed by atoms with E-state index in [1.807, 2.05) is 6.92 Å². The average Bonchev–Trinajstić information content (AvgIpc) is 2.95. The number of rotatable bonds is 5. The van der Waals surface area contributed by atoms with E-state index in [-0.39, 0.29) is 6.10 Å². The van der Waals surface area contributed by atoms with Crippen LogP contribution in [0.2, 0.25) is 0 Å². The smallest absolute Gasteiger partial charge is 0.111 e. The summed E-state index contributed by atoms with van der Waals surface area (Å²) in [5.41, 5.74) is 2.65. The van der Waals surface area contributed by atoms with Gasteiger partial charge < -0.3 is 10.2 Å². The van der Waals surface area contributed by atoms with Crippen molar-refractivity contribution in [2.75, 3.05) is 7.11 Å². The number of methoxy groups -OCH3 is 1. The Kier molecular flexibility index (Phi) is 4.18. The lowest BCUT2D eigenvalue weighted by atomic mass is 10.2. The molecule has 1 saturated carbocycles. The molecule has 76 valence electrons. The molecule has 0 saturated heterocycles. The minimum atomic E-state index is 0.276. The number of amidine groups is 1. The van der Waals surface area contributed by atoms with Gasteiger partial charge in [-0.2, -0.15) is 0 Å². The lowest BCUT2D eigenvalue weighted by Gasteiger charge is -2.10. The van der Waals surface area contributed by atoms with Crippen molar-refractivity contribution >= 4 is 5.84 Å². The highest BCUT2D eigenvalue weighted by molar-refractivity contribution is 5.81. The van der Waals surface area contributed by atoms with Crippen LogP contribution in [0.1, 0.15) is 32.6 Å². The van der Waals surface area contributed by atoms with Crippen LogP contribution in [0.15, 0.2) is 4.99 Å². The maximum atomic E-state index is 5.35. The van der Waals surface area contributed by atoms with Crippen LogP contribution in [0.3, 0.4) is 0 Å². The number of hydrogen-bond acceptors (Lipinski definition) is 3. The van der Waals surface area contributed by atoms with E-state index in [9.17, 15) is 0 Å². The second-order valence-corrected chi connectivity index (χ2v) is 3.54. The van der Waals surface area contributed by atoms with Gasteiger partial charge in [0.05, 0.1) is 12.1 Å². The second kappa shape index (κ2) is 5.19. The Balaban J connectivity index is 2.22. The number of hydrogen-bond donors (Lipinski definition) is 2. The summed E-state index contributed by atoms with van der Waals surface area (Å²) in [5.74, 6) is 6.26. The largest absolute Gasteiger partial charge is 0.382 e.